The fourth-order valence-electron chi connectivity index (χ4n) is 2.08. The summed E-state index contributed by atoms with van der Waals surface area (Å²) in [6.07, 6.45) is -1.10. The highest BCUT2D eigenvalue weighted by Crippen LogP contribution is 2.30. The molecule has 3 N–H and O–H groups in total. The highest BCUT2D eigenvalue weighted by atomic mass is 35.6. The van der Waals surface area contributed by atoms with Crippen LogP contribution in [-0.2, 0) is 0 Å². The van der Waals surface area contributed by atoms with Gasteiger partial charge >= 0.3 is 0 Å². The Labute approximate surface area is 187 Å². The predicted octanol–water partition coefficient (Wildman–Crippen LogP) is 5.71. The van der Waals surface area contributed by atoms with Crippen LogP contribution in [0.2, 0.25) is 10.0 Å². The molecule has 0 bridgehead atoms. The number of hydrogen-bond donors (Lipinski definition) is 3. The van der Waals surface area contributed by atoms with Crippen molar-refractivity contribution in [1.29, 1.82) is 0 Å². The number of anilines is 1. The number of carbonyl (C=O) groups excluding carboxylic acids is 1. The topological polar surface area (TPSA) is 53.2 Å². The molecule has 0 spiro atoms. The first kappa shape index (κ1) is 22.3. The lowest BCUT2D eigenvalue weighted by atomic mass is 10.1. The van der Waals surface area contributed by atoms with Crippen molar-refractivity contribution in [3.05, 3.63) is 63.6 Å². The molecule has 0 aliphatic rings. The first-order valence-corrected chi connectivity index (χ1v) is 9.83. The van der Waals surface area contributed by atoms with E-state index in [9.17, 15) is 4.79 Å². The summed E-state index contributed by atoms with van der Waals surface area (Å²) in [6.45, 7) is 1.87. The third-order valence-corrected chi connectivity index (χ3v) is 4.76. The van der Waals surface area contributed by atoms with Crippen LogP contribution in [0.3, 0.4) is 0 Å². The highest BCUT2D eigenvalue weighted by Gasteiger charge is 2.35. The number of thiocarbonyl (C=S) groups is 1. The number of hydrogen-bond acceptors (Lipinski definition) is 2. The quantitative estimate of drug-likeness (QED) is 0.295. The molecule has 4 nitrogen and oxygen atoms in total. The van der Waals surface area contributed by atoms with Crippen molar-refractivity contribution in [3.8, 4) is 0 Å². The molecule has 2 aromatic carbocycles. The van der Waals surface area contributed by atoms with E-state index in [4.69, 9.17) is 70.2 Å². The molecule has 27 heavy (non-hydrogen) atoms. The minimum Gasteiger partial charge on any atom is -0.339 e. The van der Waals surface area contributed by atoms with E-state index in [0.717, 1.165) is 5.56 Å². The van der Waals surface area contributed by atoms with Gasteiger partial charge in [-0.05, 0) is 49.5 Å². The molecule has 0 saturated heterocycles. The number of nitrogens with one attached hydrogen (secondary N) is 3. The number of aryl methyl sites for hydroxylation is 1. The van der Waals surface area contributed by atoms with E-state index in [0.29, 0.717) is 21.3 Å². The summed E-state index contributed by atoms with van der Waals surface area (Å²) in [6, 6.07) is 11.8. The lowest BCUT2D eigenvalue weighted by Gasteiger charge is -2.28. The van der Waals surface area contributed by atoms with Gasteiger partial charge in [0.15, 0.2) is 5.11 Å². The van der Waals surface area contributed by atoms with Gasteiger partial charge in [0.05, 0.1) is 10.7 Å². The molecule has 2 aromatic rings. The number of alkyl halides is 3. The van der Waals surface area contributed by atoms with Crippen LogP contribution in [0.15, 0.2) is 42.5 Å². The summed E-state index contributed by atoms with van der Waals surface area (Å²) >= 11 is 35.1. The van der Waals surface area contributed by atoms with Gasteiger partial charge in [0.2, 0.25) is 3.79 Å². The van der Waals surface area contributed by atoms with Crippen LogP contribution >= 0.6 is 70.2 Å². The molecule has 1 atom stereocenters. The van der Waals surface area contributed by atoms with Crippen LogP contribution in [0, 0.1) is 6.92 Å². The molecule has 0 radical (unpaired) electrons. The van der Waals surface area contributed by atoms with Crippen LogP contribution in [0.1, 0.15) is 15.9 Å². The van der Waals surface area contributed by atoms with Crippen molar-refractivity contribution in [2.45, 2.75) is 16.9 Å². The Bertz CT molecular complexity index is 857. The third kappa shape index (κ3) is 6.86. The zero-order valence-corrected chi connectivity index (χ0v) is 18.4. The molecule has 0 aromatic heterocycles. The molecular weight excluding hydrogens is 472 g/mol. The largest absolute Gasteiger partial charge is 0.339 e. The Balaban J connectivity index is 2.10. The maximum absolute atomic E-state index is 12.5. The van der Waals surface area contributed by atoms with Gasteiger partial charge < -0.3 is 16.0 Å². The Kier molecular flexibility index (Phi) is 7.86. The van der Waals surface area contributed by atoms with Gasteiger partial charge in [-0.2, -0.15) is 0 Å². The molecule has 2 rings (SSSR count). The molecule has 10 heteroatoms. The zero-order chi connectivity index (χ0) is 20.2. The number of rotatable bonds is 4. The monoisotopic (exact) mass is 483 g/mol. The second kappa shape index (κ2) is 9.50. The van der Waals surface area contributed by atoms with E-state index in [1.165, 1.54) is 0 Å². The SMILES string of the molecule is Cc1cccc(C(=O)NC(NC(=S)Nc2ccc(Cl)cc2Cl)C(Cl)(Cl)Cl)c1. The van der Waals surface area contributed by atoms with E-state index in [1.54, 1.807) is 36.4 Å². The van der Waals surface area contributed by atoms with E-state index >= 15 is 0 Å². The molecule has 0 heterocycles. The summed E-state index contributed by atoms with van der Waals surface area (Å²) in [5.41, 5.74) is 1.86. The standard InChI is InChI=1S/C17H14Cl5N3OS/c1-9-3-2-4-10(7-9)14(26)24-15(17(20,21)22)25-16(27)23-13-6-5-11(18)8-12(13)19/h2-8,15H,1H3,(H,24,26)(H2,23,25,27). The molecule has 0 fully saturated rings. The average molecular weight is 486 g/mol. The van der Waals surface area contributed by atoms with Crippen LogP contribution < -0.4 is 16.0 Å². The average Bonchev–Trinajstić information content (AvgIpc) is 2.56. The Morgan fingerprint density at radius 3 is 2.37 bits per heavy atom. The van der Waals surface area contributed by atoms with Crippen LogP contribution in [0.4, 0.5) is 5.69 Å². The molecule has 1 unspecified atom stereocenters. The van der Waals surface area contributed by atoms with Crippen LogP contribution in [0.25, 0.3) is 0 Å². The van der Waals surface area contributed by atoms with Gasteiger partial charge in [0, 0.05) is 10.6 Å². The minimum absolute atomic E-state index is 0.0973. The summed E-state index contributed by atoms with van der Waals surface area (Å²) in [5.74, 6) is -0.421. The van der Waals surface area contributed by atoms with Crippen molar-refractivity contribution in [2.75, 3.05) is 5.32 Å². The second-order valence-electron chi connectivity index (χ2n) is 5.54. The highest BCUT2D eigenvalue weighted by molar-refractivity contribution is 7.80. The lowest BCUT2D eigenvalue weighted by molar-refractivity contribution is 0.0934. The van der Waals surface area contributed by atoms with E-state index < -0.39 is 15.9 Å². The molecule has 0 aliphatic carbocycles. The Hall–Kier alpha value is -0.950. The van der Waals surface area contributed by atoms with Gasteiger partial charge in [-0.1, -0.05) is 75.7 Å². The van der Waals surface area contributed by atoms with Crippen molar-refractivity contribution in [1.82, 2.24) is 10.6 Å². The zero-order valence-electron chi connectivity index (χ0n) is 13.8. The number of benzene rings is 2. The summed E-state index contributed by atoms with van der Waals surface area (Å²) in [7, 11) is 0. The number of amides is 1. The lowest BCUT2D eigenvalue weighted by Crippen LogP contribution is -2.56. The van der Waals surface area contributed by atoms with Gasteiger partial charge in [0.25, 0.3) is 5.91 Å². The Morgan fingerprint density at radius 1 is 1.07 bits per heavy atom. The van der Waals surface area contributed by atoms with Crippen LogP contribution in [-0.4, -0.2) is 21.0 Å². The Morgan fingerprint density at radius 2 is 1.78 bits per heavy atom. The van der Waals surface area contributed by atoms with Crippen molar-refractivity contribution >= 4 is 86.9 Å². The molecule has 0 aliphatic heterocycles. The number of halogens is 5. The van der Waals surface area contributed by atoms with Crippen molar-refractivity contribution in [3.63, 3.8) is 0 Å². The van der Waals surface area contributed by atoms with E-state index in [-0.39, 0.29) is 5.11 Å². The fourth-order valence-corrected chi connectivity index (χ4v) is 3.09. The maximum Gasteiger partial charge on any atom is 0.252 e. The van der Waals surface area contributed by atoms with Crippen molar-refractivity contribution in [2.24, 2.45) is 0 Å². The second-order valence-corrected chi connectivity index (χ2v) is 9.16. The maximum atomic E-state index is 12.5. The van der Waals surface area contributed by atoms with Crippen molar-refractivity contribution < 1.29 is 4.79 Å². The first-order valence-electron chi connectivity index (χ1n) is 7.53. The summed E-state index contributed by atoms with van der Waals surface area (Å²) in [5, 5.41) is 9.18. The van der Waals surface area contributed by atoms with Gasteiger partial charge in [-0.25, -0.2) is 0 Å². The van der Waals surface area contributed by atoms with Crippen LogP contribution in [0.5, 0.6) is 0 Å². The van der Waals surface area contributed by atoms with E-state index in [2.05, 4.69) is 16.0 Å². The van der Waals surface area contributed by atoms with E-state index in [1.807, 2.05) is 13.0 Å². The van der Waals surface area contributed by atoms with Gasteiger partial charge in [0.1, 0.15) is 6.17 Å². The summed E-state index contributed by atoms with van der Waals surface area (Å²) < 4.78 is -1.87. The fraction of sp³-hybridized carbons (Fsp3) is 0.176. The molecule has 144 valence electrons. The summed E-state index contributed by atoms with van der Waals surface area (Å²) in [4.78, 5) is 12.5. The number of carbonyl (C=O) groups is 1. The minimum atomic E-state index is -1.87. The van der Waals surface area contributed by atoms with Gasteiger partial charge in [-0.3, -0.25) is 4.79 Å². The smallest absolute Gasteiger partial charge is 0.252 e. The van der Waals surface area contributed by atoms with Gasteiger partial charge in [-0.15, -0.1) is 0 Å². The first-order chi connectivity index (χ1) is 12.6. The molecule has 0 saturated carbocycles. The third-order valence-electron chi connectivity index (χ3n) is 3.34. The predicted molar refractivity (Wildman–Crippen MR) is 119 cm³/mol. The molecular formula is C17H14Cl5N3OS. The normalized spacial score (nSPS) is 12.2. The molecule has 1 amide bonds.